The minimum atomic E-state index is -2.44. The molecule has 0 saturated carbocycles. The van der Waals surface area contributed by atoms with Crippen molar-refractivity contribution in [1.29, 1.82) is 0 Å². The third-order valence-electron chi connectivity index (χ3n) is 2.50. The summed E-state index contributed by atoms with van der Waals surface area (Å²) in [5.74, 6) is 5.40. The molecule has 0 aromatic carbocycles. The molecule has 0 fully saturated rings. The standard InChI is InChI=1S/C11H18F2N4O/c12-11(13)7-18-4-2-9(17-15)5-8-6-16-3-1-10(8)14/h1,3,6,9,11,17H,2,4-5,7,15H2,(H2,14,16). The lowest BCUT2D eigenvalue weighted by molar-refractivity contribution is 0.0144. The number of nitrogens with zero attached hydrogens (tertiary/aromatic N) is 1. The van der Waals surface area contributed by atoms with Crippen molar-refractivity contribution in [2.45, 2.75) is 25.3 Å². The van der Waals surface area contributed by atoms with Crippen LogP contribution in [0.5, 0.6) is 0 Å². The predicted molar refractivity (Wildman–Crippen MR) is 64.9 cm³/mol. The minimum absolute atomic E-state index is 0.0887. The second-order valence-corrected chi connectivity index (χ2v) is 3.90. The molecule has 1 heterocycles. The molecule has 0 aliphatic heterocycles. The highest BCUT2D eigenvalue weighted by Gasteiger charge is 2.10. The van der Waals surface area contributed by atoms with E-state index >= 15 is 0 Å². The number of aromatic nitrogens is 1. The Kier molecular flexibility index (Phi) is 6.48. The third kappa shape index (κ3) is 5.35. The van der Waals surface area contributed by atoms with E-state index in [0.717, 1.165) is 5.56 Å². The second-order valence-electron chi connectivity index (χ2n) is 3.90. The lowest BCUT2D eigenvalue weighted by Gasteiger charge is -2.16. The van der Waals surface area contributed by atoms with Gasteiger partial charge in [0.25, 0.3) is 6.43 Å². The maximum Gasteiger partial charge on any atom is 0.261 e. The Bertz CT molecular complexity index is 352. The van der Waals surface area contributed by atoms with Gasteiger partial charge in [-0.3, -0.25) is 16.3 Å². The van der Waals surface area contributed by atoms with Crippen LogP contribution in [0.25, 0.3) is 0 Å². The van der Waals surface area contributed by atoms with Crippen LogP contribution < -0.4 is 17.0 Å². The van der Waals surface area contributed by atoms with Crippen LogP contribution >= 0.6 is 0 Å². The SMILES string of the molecule is NNC(CCOCC(F)F)Cc1cnccc1N. The van der Waals surface area contributed by atoms with Crippen molar-refractivity contribution in [3.05, 3.63) is 24.0 Å². The molecule has 0 spiro atoms. The summed E-state index contributed by atoms with van der Waals surface area (Å²) in [4.78, 5) is 3.97. The molecular formula is C11H18F2N4O. The normalized spacial score (nSPS) is 12.9. The fraction of sp³-hybridized carbons (Fsp3) is 0.545. The highest BCUT2D eigenvalue weighted by molar-refractivity contribution is 5.44. The molecule has 1 aromatic rings. The lowest BCUT2D eigenvalue weighted by atomic mass is 10.0. The number of anilines is 1. The first-order valence-electron chi connectivity index (χ1n) is 5.64. The number of alkyl halides is 2. The van der Waals surface area contributed by atoms with E-state index in [1.807, 2.05) is 0 Å². The van der Waals surface area contributed by atoms with E-state index in [2.05, 4.69) is 10.4 Å². The number of nitrogens with one attached hydrogen (secondary N) is 1. The van der Waals surface area contributed by atoms with Crippen LogP contribution in [0.3, 0.4) is 0 Å². The molecule has 0 aliphatic carbocycles. The smallest absolute Gasteiger partial charge is 0.261 e. The number of hydrogen-bond donors (Lipinski definition) is 3. The summed E-state index contributed by atoms with van der Waals surface area (Å²) in [5.41, 5.74) is 9.90. The molecule has 1 rings (SSSR count). The Labute approximate surface area is 104 Å². The number of hydrogen-bond acceptors (Lipinski definition) is 5. The topological polar surface area (TPSA) is 86.2 Å². The van der Waals surface area contributed by atoms with Crippen LogP contribution in [0.2, 0.25) is 0 Å². The van der Waals surface area contributed by atoms with E-state index in [9.17, 15) is 8.78 Å². The van der Waals surface area contributed by atoms with Crippen LogP contribution in [0.1, 0.15) is 12.0 Å². The summed E-state index contributed by atoms with van der Waals surface area (Å²) in [6.07, 6.45) is 1.93. The zero-order valence-corrected chi connectivity index (χ0v) is 9.98. The van der Waals surface area contributed by atoms with Crippen LogP contribution in [0, 0.1) is 0 Å². The summed E-state index contributed by atoms with van der Waals surface area (Å²) in [7, 11) is 0. The Morgan fingerprint density at radius 3 is 2.83 bits per heavy atom. The molecule has 1 unspecified atom stereocenters. The van der Waals surface area contributed by atoms with Crippen molar-refractivity contribution in [1.82, 2.24) is 10.4 Å². The van der Waals surface area contributed by atoms with E-state index in [1.165, 1.54) is 0 Å². The molecule has 5 N–H and O–H groups in total. The Morgan fingerprint density at radius 1 is 1.44 bits per heavy atom. The average Bonchev–Trinajstić information content (AvgIpc) is 2.35. The molecule has 7 heteroatoms. The molecule has 5 nitrogen and oxygen atoms in total. The largest absolute Gasteiger partial charge is 0.398 e. The third-order valence-corrected chi connectivity index (χ3v) is 2.50. The van der Waals surface area contributed by atoms with E-state index in [1.54, 1.807) is 18.5 Å². The molecule has 0 radical (unpaired) electrons. The molecule has 18 heavy (non-hydrogen) atoms. The first-order valence-corrected chi connectivity index (χ1v) is 5.64. The minimum Gasteiger partial charge on any atom is -0.398 e. The number of rotatable bonds is 8. The van der Waals surface area contributed by atoms with Gasteiger partial charge in [-0.1, -0.05) is 0 Å². The van der Waals surface area contributed by atoms with Crippen LogP contribution in [0.15, 0.2) is 18.5 Å². The van der Waals surface area contributed by atoms with Crippen molar-refractivity contribution in [2.24, 2.45) is 5.84 Å². The Morgan fingerprint density at radius 2 is 2.22 bits per heavy atom. The van der Waals surface area contributed by atoms with Crippen LogP contribution in [-0.4, -0.2) is 30.7 Å². The van der Waals surface area contributed by atoms with E-state index < -0.39 is 13.0 Å². The van der Waals surface area contributed by atoms with Gasteiger partial charge >= 0.3 is 0 Å². The summed E-state index contributed by atoms with van der Waals surface area (Å²) in [5, 5.41) is 0. The fourth-order valence-corrected chi connectivity index (χ4v) is 1.52. The van der Waals surface area contributed by atoms with E-state index in [4.69, 9.17) is 16.3 Å². The molecule has 1 aromatic heterocycles. The van der Waals surface area contributed by atoms with Crippen molar-refractivity contribution in [3.63, 3.8) is 0 Å². The summed E-state index contributed by atoms with van der Waals surface area (Å²) in [6, 6.07) is 1.62. The highest BCUT2D eigenvalue weighted by atomic mass is 19.3. The number of pyridine rings is 1. The van der Waals surface area contributed by atoms with Gasteiger partial charge in [-0.25, -0.2) is 8.78 Å². The van der Waals surface area contributed by atoms with Gasteiger partial charge in [0.2, 0.25) is 0 Å². The van der Waals surface area contributed by atoms with Crippen LogP contribution in [-0.2, 0) is 11.2 Å². The van der Waals surface area contributed by atoms with Gasteiger partial charge in [-0.05, 0) is 24.5 Å². The van der Waals surface area contributed by atoms with Crippen molar-refractivity contribution >= 4 is 5.69 Å². The van der Waals surface area contributed by atoms with Gasteiger partial charge in [0.1, 0.15) is 6.61 Å². The molecule has 0 bridgehead atoms. The van der Waals surface area contributed by atoms with Gasteiger partial charge < -0.3 is 10.5 Å². The van der Waals surface area contributed by atoms with E-state index in [0.29, 0.717) is 18.5 Å². The quantitative estimate of drug-likeness (QED) is 0.364. The number of halogens is 2. The number of nitrogen functional groups attached to an aromatic ring is 1. The number of hydrazine groups is 1. The van der Waals surface area contributed by atoms with Gasteiger partial charge in [-0.15, -0.1) is 0 Å². The Hall–Kier alpha value is -1.31. The number of nitrogens with two attached hydrogens (primary N) is 2. The van der Waals surface area contributed by atoms with Crippen molar-refractivity contribution in [3.8, 4) is 0 Å². The van der Waals surface area contributed by atoms with Gasteiger partial charge in [-0.2, -0.15) is 0 Å². The first kappa shape index (κ1) is 14.7. The van der Waals surface area contributed by atoms with Crippen molar-refractivity contribution in [2.75, 3.05) is 18.9 Å². The van der Waals surface area contributed by atoms with Crippen molar-refractivity contribution < 1.29 is 13.5 Å². The predicted octanol–water partition coefficient (Wildman–Crippen LogP) is 0.710. The lowest BCUT2D eigenvalue weighted by Crippen LogP contribution is -2.38. The maximum atomic E-state index is 11.9. The van der Waals surface area contributed by atoms with Crippen LogP contribution in [0.4, 0.5) is 14.5 Å². The number of ether oxygens (including phenoxy) is 1. The summed E-state index contributed by atoms with van der Waals surface area (Å²) < 4.78 is 28.5. The maximum absolute atomic E-state index is 11.9. The molecule has 1 atom stereocenters. The van der Waals surface area contributed by atoms with E-state index in [-0.39, 0.29) is 12.6 Å². The summed E-state index contributed by atoms with van der Waals surface area (Å²) >= 11 is 0. The average molecular weight is 260 g/mol. The monoisotopic (exact) mass is 260 g/mol. The molecule has 0 saturated heterocycles. The van der Waals surface area contributed by atoms with Gasteiger partial charge in [0.15, 0.2) is 0 Å². The highest BCUT2D eigenvalue weighted by Crippen LogP contribution is 2.12. The molecule has 0 amide bonds. The molecule has 102 valence electrons. The summed E-state index contributed by atoms with van der Waals surface area (Å²) in [6.45, 7) is -0.328. The van der Waals surface area contributed by atoms with Gasteiger partial charge in [0.05, 0.1) is 0 Å². The molecular weight excluding hydrogens is 242 g/mol. The van der Waals surface area contributed by atoms with Gasteiger partial charge in [0, 0.05) is 30.7 Å². The molecule has 0 aliphatic rings. The zero-order valence-electron chi connectivity index (χ0n) is 9.98. The fourth-order valence-electron chi connectivity index (χ4n) is 1.52. The Balaban J connectivity index is 2.36. The zero-order chi connectivity index (χ0) is 13.4. The first-order chi connectivity index (χ1) is 8.63. The second kappa shape index (κ2) is 7.91.